The maximum absolute atomic E-state index is 3.50. The molecule has 0 spiro atoms. The second-order valence-electron chi connectivity index (χ2n) is 16.8. The standard InChI is InChI=1S/2C18H29.Pd/c2*1-16(2,3)13-11-10-12-14(17(4,5)6)15(13)18(7,8)9;/h2*10-11H,1-9H3;/q2*-1;. The van der Waals surface area contributed by atoms with Gasteiger partial charge >= 0.3 is 0 Å². The van der Waals surface area contributed by atoms with Gasteiger partial charge in [-0.25, -0.2) is 0 Å². The van der Waals surface area contributed by atoms with E-state index < -0.39 is 0 Å². The van der Waals surface area contributed by atoms with Crippen LogP contribution in [0.4, 0.5) is 0 Å². The predicted molar refractivity (Wildman–Crippen MR) is 163 cm³/mol. The first-order valence-corrected chi connectivity index (χ1v) is 13.8. The molecule has 0 aliphatic rings. The van der Waals surface area contributed by atoms with Crippen LogP contribution < -0.4 is 0 Å². The summed E-state index contributed by atoms with van der Waals surface area (Å²) in [4.78, 5) is 0. The molecule has 0 bridgehead atoms. The van der Waals surface area contributed by atoms with Crippen LogP contribution in [0.25, 0.3) is 0 Å². The second kappa shape index (κ2) is 11.7. The summed E-state index contributed by atoms with van der Waals surface area (Å²) < 4.78 is 0. The molecule has 0 heterocycles. The van der Waals surface area contributed by atoms with Gasteiger partial charge in [0.05, 0.1) is 0 Å². The Bertz CT molecular complexity index is 861. The molecular formula is C36H58Pd-2. The van der Waals surface area contributed by atoms with Crippen LogP contribution in [0, 0.1) is 12.1 Å². The van der Waals surface area contributed by atoms with E-state index in [0.29, 0.717) is 0 Å². The van der Waals surface area contributed by atoms with Gasteiger partial charge in [-0.2, -0.15) is 47.5 Å². The number of rotatable bonds is 0. The van der Waals surface area contributed by atoms with E-state index in [1.54, 1.807) is 0 Å². The van der Waals surface area contributed by atoms with Crippen molar-refractivity contribution in [2.24, 2.45) is 0 Å². The van der Waals surface area contributed by atoms with Crippen LogP contribution in [-0.2, 0) is 52.9 Å². The molecule has 2 aromatic carbocycles. The fraction of sp³-hybridized carbons (Fsp3) is 0.667. The van der Waals surface area contributed by atoms with Gasteiger partial charge in [-0.1, -0.05) is 135 Å². The molecule has 0 nitrogen and oxygen atoms in total. The monoisotopic (exact) mass is 596 g/mol. The van der Waals surface area contributed by atoms with E-state index in [4.69, 9.17) is 0 Å². The van der Waals surface area contributed by atoms with Crippen molar-refractivity contribution in [2.75, 3.05) is 0 Å². The molecule has 0 aliphatic carbocycles. The summed E-state index contributed by atoms with van der Waals surface area (Å²) in [6, 6.07) is 15.7. The second-order valence-corrected chi connectivity index (χ2v) is 16.8. The fourth-order valence-electron chi connectivity index (χ4n) is 4.99. The van der Waals surface area contributed by atoms with E-state index in [2.05, 4.69) is 161 Å². The normalized spacial score (nSPS) is 13.5. The molecular weight excluding hydrogens is 539 g/mol. The molecule has 214 valence electrons. The minimum absolute atomic E-state index is 0. The zero-order valence-electron chi connectivity index (χ0n) is 27.6. The zero-order chi connectivity index (χ0) is 28.7. The number of benzene rings is 2. The molecule has 0 radical (unpaired) electrons. The summed E-state index contributed by atoms with van der Waals surface area (Å²) in [5.41, 5.74) is 9.55. The average Bonchev–Trinajstić information content (AvgIpc) is 2.63. The van der Waals surface area contributed by atoms with Gasteiger partial charge in [0.25, 0.3) is 0 Å². The van der Waals surface area contributed by atoms with Gasteiger partial charge in [0.1, 0.15) is 0 Å². The molecule has 1 heteroatoms. The van der Waals surface area contributed by atoms with Crippen molar-refractivity contribution >= 4 is 0 Å². The largest absolute Gasteiger partial charge is 0.180 e. The molecule has 2 aromatic rings. The van der Waals surface area contributed by atoms with Crippen LogP contribution in [0.2, 0.25) is 0 Å². The van der Waals surface area contributed by atoms with Crippen LogP contribution in [-0.4, -0.2) is 0 Å². The van der Waals surface area contributed by atoms with Crippen molar-refractivity contribution in [3.63, 3.8) is 0 Å². The minimum Gasteiger partial charge on any atom is -0.180 e. The molecule has 0 saturated carbocycles. The average molecular weight is 597 g/mol. The van der Waals surface area contributed by atoms with Crippen LogP contribution >= 0.6 is 0 Å². The van der Waals surface area contributed by atoms with Gasteiger partial charge < -0.3 is 0 Å². The molecule has 37 heavy (non-hydrogen) atoms. The van der Waals surface area contributed by atoms with Gasteiger partial charge in [-0.15, -0.1) is 22.3 Å². The van der Waals surface area contributed by atoms with Crippen molar-refractivity contribution in [2.45, 2.75) is 157 Å². The summed E-state index contributed by atoms with van der Waals surface area (Å²) in [6.45, 7) is 41.3. The fourth-order valence-corrected chi connectivity index (χ4v) is 4.99. The Morgan fingerprint density at radius 2 is 0.622 bits per heavy atom. The first kappa shape index (κ1) is 36.1. The summed E-state index contributed by atoms with van der Waals surface area (Å²) >= 11 is 0. The Labute approximate surface area is 246 Å². The number of hydrogen-bond donors (Lipinski definition) is 0. The Morgan fingerprint density at radius 1 is 0.378 bits per heavy atom. The van der Waals surface area contributed by atoms with Gasteiger partial charge in [0, 0.05) is 20.4 Å². The van der Waals surface area contributed by atoms with E-state index in [1.165, 1.54) is 33.4 Å². The van der Waals surface area contributed by atoms with Crippen LogP contribution in [0.15, 0.2) is 24.3 Å². The van der Waals surface area contributed by atoms with E-state index in [0.717, 1.165) is 0 Å². The molecule has 0 unspecified atom stereocenters. The zero-order valence-corrected chi connectivity index (χ0v) is 29.2. The third kappa shape index (κ3) is 9.66. The van der Waals surface area contributed by atoms with E-state index in [1.807, 2.05) is 0 Å². The molecule has 0 aliphatic heterocycles. The summed E-state index contributed by atoms with van der Waals surface area (Å²) in [5.74, 6) is 0. The van der Waals surface area contributed by atoms with Crippen molar-refractivity contribution in [3.8, 4) is 0 Å². The molecule has 0 fully saturated rings. The predicted octanol–water partition coefficient (Wildman–Crippen LogP) is 10.8. The van der Waals surface area contributed by atoms with Crippen molar-refractivity contribution in [1.29, 1.82) is 0 Å². The smallest absolute Gasteiger partial charge is 0 e. The van der Waals surface area contributed by atoms with Gasteiger partial charge in [0.2, 0.25) is 0 Å². The summed E-state index contributed by atoms with van der Waals surface area (Å²) in [6.07, 6.45) is 0. The quantitative estimate of drug-likeness (QED) is 0.209. The van der Waals surface area contributed by atoms with E-state index in [9.17, 15) is 0 Å². The van der Waals surface area contributed by atoms with E-state index >= 15 is 0 Å². The van der Waals surface area contributed by atoms with Crippen molar-refractivity contribution in [3.05, 3.63) is 69.8 Å². The van der Waals surface area contributed by atoms with Crippen molar-refractivity contribution in [1.82, 2.24) is 0 Å². The van der Waals surface area contributed by atoms with Crippen molar-refractivity contribution < 1.29 is 20.4 Å². The Balaban J connectivity index is 0.000000682. The Hall–Kier alpha value is -0.898. The van der Waals surface area contributed by atoms with Crippen LogP contribution in [0.3, 0.4) is 0 Å². The SMILES string of the molecule is CC(C)(C)c1[c-]ccc(C(C)(C)C)c1C(C)(C)C.CC(C)(C)c1[c-]ccc(C(C)(C)C)c1C(C)(C)C.[Pd]. The molecule has 0 aromatic heterocycles. The van der Waals surface area contributed by atoms with Gasteiger partial charge in [-0.05, 0) is 21.7 Å². The first-order chi connectivity index (χ1) is 15.7. The third-order valence-electron chi connectivity index (χ3n) is 6.61. The molecule has 2 rings (SSSR count). The van der Waals surface area contributed by atoms with Crippen LogP contribution in [0.5, 0.6) is 0 Å². The summed E-state index contributed by atoms with van der Waals surface area (Å²) in [7, 11) is 0. The molecule has 0 amide bonds. The van der Waals surface area contributed by atoms with Gasteiger partial charge in [-0.3, -0.25) is 0 Å². The maximum Gasteiger partial charge on any atom is 0 e. The van der Waals surface area contributed by atoms with Gasteiger partial charge in [0.15, 0.2) is 0 Å². The summed E-state index contributed by atoms with van der Waals surface area (Å²) in [5, 5.41) is 0. The first-order valence-electron chi connectivity index (χ1n) is 13.8. The van der Waals surface area contributed by atoms with E-state index in [-0.39, 0.29) is 52.9 Å². The minimum atomic E-state index is 0. The van der Waals surface area contributed by atoms with Crippen LogP contribution in [0.1, 0.15) is 158 Å². The molecule has 0 N–H and O–H groups in total. The number of hydrogen-bond acceptors (Lipinski definition) is 0. The third-order valence-corrected chi connectivity index (χ3v) is 6.61. The molecule has 0 saturated heterocycles. The maximum atomic E-state index is 3.50. The topological polar surface area (TPSA) is 0 Å². The molecule has 0 atom stereocenters. The Morgan fingerprint density at radius 3 is 0.784 bits per heavy atom. The Kier molecular flexibility index (Phi) is 11.4.